The summed E-state index contributed by atoms with van der Waals surface area (Å²) in [6.07, 6.45) is 1.23. The van der Waals surface area contributed by atoms with E-state index in [0.29, 0.717) is 28.9 Å². The lowest BCUT2D eigenvalue weighted by Gasteiger charge is -2.22. The quantitative estimate of drug-likeness (QED) is 0.494. The SMILES string of the molecule is CCOC=NC1=C(C#N)[C@H](C)c2c(c3ccccc3oc2=O)O1. The van der Waals surface area contributed by atoms with Gasteiger partial charge in [-0.05, 0) is 19.1 Å². The number of benzene rings is 1. The number of nitriles is 1. The molecule has 0 saturated heterocycles. The lowest BCUT2D eigenvalue weighted by atomic mass is 9.91. The molecule has 0 fully saturated rings. The third-order valence-electron chi connectivity index (χ3n) is 3.63. The summed E-state index contributed by atoms with van der Waals surface area (Å²) in [5, 5.41) is 10.0. The van der Waals surface area contributed by atoms with Crippen LogP contribution in [0.15, 0.2) is 49.9 Å². The highest BCUT2D eigenvalue weighted by Crippen LogP contribution is 2.41. The number of rotatable bonds is 3. The molecule has 0 radical (unpaired) electrons. The molecule has 2 heterocycles. The number of fused-ring (bicyclic) bond motifs is 3. The lowest BCUT2D eigenvalue weighted by Crippen LogP contribution is -2.20. The Balaban J connectivity index is 2.22. The fourth-order valence-electron chi connectivity index (χ4n) is 2.50. The number of ether oxygens (including phenoxy) is 2. The molecule has 116 valence electrons. The van der Waals surface area contributed by atoms with Crippen LogP contribution in [0.25, 0.3) is 11.0 Å². The Morgan fingerprint density at radius 2 is 2.22 bits per heavy atom. The maximum absolute atomic E-state index is 12.3. The summed E-state index contributed by atoms with van der Waals surface area (Å²) in [4.78, 5) is 16.3. The van der Waals surface area contributed by atoms with E-state index in [1.54, 1.807) is 25.1 Å². The molecule has 6 heteroatoms. The number of hydrogen-bond acceptors (Lipinski definition) is 6. The summed E-state index contributed by atoms with van der Waals surface area (Å²) >= 11 is 0. The number of hydrogen-bond donors (Lipinski definition) is 0. The van der Waals surface area contributed by atoms with Crippen molar-refractivity contribution in [3.05, 3.63) is 51.7 Å². The van der Waals surface area contributed by atoms with Gasteiger partial charge in [0.15, 0.2) is 12.2 Å². The minimum Gasteiger partial charge on any atom is -0.483 e. The van der Waals surface area contributed by atoms with Crippen molar-refractivity contribution >= 4 is 17.4 Å². The van der Waals surface area contributed by atoms with E-state index >= 15 is 0 Å². The molecule has 0 unspecified atom stereocenters. The minimum atomic E-state index is -0.508. The monoisotopic (exact) mass is 310 g/mol. The van der Waals surface area contributed by atoms with Gasteiger partial charge in [-0.2, -0.15) is 10.3 Å². The molecule has 1 aliphatic heterocycles. The van der Waals surface area contributed by atoms with Crippen LogP contribution in [0.5, 0.6) is 5.75 Å². The molecule has 6 nitrogen and oxygen atoms in total. The van der Waals surface area contributed by atoms with Gasteiger partial charge < -0.3 is 13.9 Å². The smallest absolute Gasteiger partial charge is 0.343 e. The normalized spacial score (nSPS) is 17.0. The molecule has 0 N–H and O–H groups in total. The van der Waals surface area contributed by atoms with E-state index in [0.717, 1.165) is 0 Å². The summed E-state index contributed by atoms with van der Waals surface area (Å²) < 4.78 is 16.2. The average Bonchev–Trinajstić information content (AvgIpc) is 2.55. The third kappa shape index (κ3) is 2.46. The Hall–Kier alpha value is -3.07. The summed E-state index contributed by atoms with van der Waals surface area (Å²) in [5.74, 6) is 0.0436. The molecular weight excluding hydrogens is 296 g/mol. The maximum Gasteiger partial charge on any atom is 0.343 e. The van der Waals surface area contributed by atoms with Crippen LogP contribution >= 0.6 is 0 Å². The molecule has 2 aromatic rings. The van der Waals surface area contributed by atoms with Crippen LogP contribution in [0.4, 0.5) is 0 Å². The fraction of sp³-hybridized carbons (Fsp3) is 0.235. The van der Waals surface area contributed by atoms with Crippen molar-refractivity contribution in [3.63, 3.8) is 0 Å². The highest BCUT2D eigenvalue weighted by molar-refractivity contribution is 5.85. The van der Waals surface area contributed by atoms with Gasteiger partial charge in [-0.1, -0.05) is 19.1 Å². The van der Waals surface area contributed by atoms with Crippen molar-refractivity contribution in [3.8, 4) is 11.8 Å². The van der Waals surface area contributed by atoms with Crippen LogP contribution in [0.1, 0.15) is 25.3 Å². The molecule has 3 rings (SSSR count). The van der Waals surface area contributed by atoms with Crippen LogP contribution < -0.4 is 10.4 Å². The van der Waals surface area contributed by atoms with Gasteiger partial charge in [-0.25, -0.2) is 4.79 Å². The summed E-state index contributed by atoms with van der Waals surface area (Å²) in [6.45, 7) is 4.03. The zero-order valence-corrected chi connectivity index (χ0v) is 12.7. The fourth-order valence-corrected chi connectivity index (χ4v) is 2.50. The first-order chi connectivity index (χ1) is 11.2. The second kappa shape index (κ2) is 5.97. The van der Waals surface area contributed by atoms with Gasteiger partial charge in [0.05, 0.1) is 23.1 Å². The first-order valence-electron chi connectivity index (χ1n) is 7.19. The van der Waals surface area contributed by atoms with Gasteiger partial charge in [0.25, 0.3) is 0 Å². The van der Waals surface area contributed by atoms with E-state index in [2.05, 4.69) is 11.1 Å². The molecule has 1 aromatic carbocycles. The second-order valence-electron chi connectivity index (χ2n) is 4.97. The molecular formula is C17H14N2O4. The van der Waals surface area contributed by atoms with Crippen molar-refractivity contribution in [1.29, 1.82) is 5.26 Å². The van der Waals surface area contributed by atoms with Crippen molar-refractivity contribution in [2.45, 2.75) is 19.8 Å². The number of nitrogens with zero attached hydrogens (tertiary/aromatic N) is 2. The van der Waals surface area contributed by atoms with Crippen molar-refractivity contribution in [1.82, 2.24) is 0 Å². The van der Waals surface area contributed by atoms with Gasteiger partial charge >= 0.3 is 5.63 Å². The lowest BCUT2D eigenvalue weighted by molar-refractivity contribution is 0.335. The molecule has 0 amide bonds. The minimum absolute atomic E-state index is 0.136. The van der Waals surface area contributed by atoms with E-state index in [1.807, 2.05) is 13.0 Å². The maximum atomic E-state index is 12.3. The Kier molecular flexibility index (Phi) is 3.85. The summed E-state index contributed by atoms with van der Waals surface area (Å²) in [7, 11) is 0. The van der Waals surface area contributed by atoms with Gasteiger partial charge in [-0.3, -0.25) is 0 Å². The van der Waals surface area contributed by atoms with Gasteiger partial charge in [-0.15, -0.1) is 0 Å². The molecule has 1 aromatic heterocycles. The number of allylic oxidation sites excluding steroid dienone is 1. The third-order valence-corrected chi connectivity index (χ3v) is 3.63. The zero-order chi connectivity index (χ0) is 16.4. The van der Waals surface area contributed by atoms with Crippen LogP contribution in [-0.2, 0) is 4.74 Å². The molecule has 1 atom stereocenters. The molecule has 0 saturated carbocycles. The van der Waals surface area contributed by atoms with Gasteiger partial charge in [0.1, 0.15) is 11.7 Å². The highest BCUT2D eigenvalue weighted by Gasteiger charge is 2.32. The van der Waals surface area contributed by atoms with Crippen molar-refractivity contribution < 1.29 is 13.9 Å². The molecule has 0 bridgehead atoms. The van der Waals surface area contributed by atoms with Gasteiger partial charge in [0, 0.05) is 5.92 Å². The molecule has 1 aliphatic rings. The van der Waals surface area contributed by atoms with E-state index in [9.17, 15) is 10.1 Å². The Labute approximate surface area is 132 Å². The number of para-hydroxylation sites is 1. The Morgan fingerprint density at radius 3 is 2.96 bits per heavy atom. The predicted molar refractivity (Wildman–Crippen MR) is 84.3 cm³/mol. The Bertz CT molecular complexity index is 918. The van der Waals surface area contributed by atoms with E-state index in [1.165, 1.54) is 6.40 Å². The predicted octanol–water partition coefficient (Wildman–Crippen LogP) is 3.09. The van der Waals surface area contributed by atoms with Crippen LogP contribution in [0, 0.1) is 11.3 Å². The van der Waals surface area contributed by atoms with Crippen LogP contribution in [0.3, 0.4) is 0 Å². The summed E-state index contributed by atoms with van der Waals surface area (Å²) in [6, 6.07) is 9.14. The largest absolute Gasteiger partial charge is 0.483 e. The highest BCUT2D eigenvalue weighted by atomic mass is 16.5. The molecule has 23 heavy (non-hydrogen) atoms. The Morgan fingerprint density at radius 1 is 1.43 bits per heavy atom. The van der Waals surface area contributed by atoms with Gasteiger partial charge in [0.2, 0.25) is 5.88 Å². The molecule has 0 spiro atoms. The topological polar surface area (TPSA) is 84.8 Å². The van der Waals surface area contributed by atoms with E-state index < -0.39 is 11.5 Å². The standard InChI is InChI=1S/C17H14N2O4/c1-3-21-9-19-16-12(8-18)10(2)14-15(23-16)11-6-4-5-7-13(11)22-17(14)20/h4-7,9-10H,3H2,1-2H3/t10-/m0/s1. The average molecular weight is 310 g/mol. The van der Waals surface area contributed by atoms with E-state index in [4.69, 9.17) is 13.9 Å². The van der Waals surface area contributed by atoms with Crippen molar-refractivity contribution in [2.75, 3.05) is 6.61 Å². The summed E-state index contributed by atoms with van der Waals surface area (Å²) in [5.41, 5.74) is 0.510. The first kappa shape index (κ1) is 14.9. The van der Waals surface area contributed by atoms with Crippen LogP contribution in [0.2, 0.25) is 0 Å². The van der Waals surface area contributed by atoms with Crippen LogP contribution in [-0.4, -0.2) is 13.0 Å². The second-order valence-corrected chi connectivity index (χ2v) is 4.97. The first-order valence-corrected chi connectivity index (χ1v) is 7.19. The number of aliphatic imine (C=N–C) groups is 1. The zero-order valence-electron chi connectivity index (χ0n) is 12.7. The van der Waals surface area contributed by atoms with E-state index in [-0.39, 0.29) is 11.5 Å². The van der Waals surface area contributed by atoms with Crippen molar-refractivity contribution in [2.24, 2.45) is 4.99 Å². The molecule has 0 aliphatic carbocycles.